The van der Waals surface area contributed by atoms with Gasteiger partial charge in [-0.25, -0.2) is 9.78 Å². The molecule has 146 valence electrons. The van der Waals surface area contributed by atoms with Gasteiger partial charge in [0, 0.05) is 41.3 Å². The molecule has 1 amide bonds. The van der Waals surface area contributed by atoms with E-state index in [4.69, 9.17) is 0 Å². The number of Topliss-reactive ketones (excluding diaryl/α,β-unsaturated/α-hetero) is 1. The summed E-state index contributed by atoms with van der Waals surface area (Å²) in [6.07, 6.45) is 6.72. The molecule has 4 rings (SSSR count). The van der Waals surface area contributed by atoms with Gasteiger partial charge in [0.1, 0.15) is 5.82 Å². The summed E-state index contributed by atoms with van der Waals surface area (Å²) >= 11 is 0. The first-order valence-corrected chi connectivity index (χ1v) is 10.1. The average molecular weight is 371 g/mol. The molecule has 3 heterocycles. The maximum atomic E-state index is 12.2. The fraction of sp³-hybridized carbons (Fsp3) is 0.667. The van der Waals surface area contributed by atoms with E-state index in [1.54, 1.807) is 11.1 Å². The molecule has 2 saturated heterocycles. The van der Waals surface area contributed by atoms with Crippen molar-refractivity contribution in [1.29, 1.82) is 0 Å². The van der Waals surface area contributed by atoms with Gasteiger partial charge in [-0.2, -0.15) is 0 Å². The van der Waals surface area contributed by atoms with E-state index in [9.17, 15) is 14.7 Å². The molecule has 0 spiro atoms. The molecule has 1 aromatic heterocycles. The highest BCUT2D eigenvalue weighted by Gasteiger charge is 2.46. The van der Waals surface area contributed by atoms with Gasteiger partial charge in [-0.15, -0.1) is 0 Å². The standard InChI is InChI=1S/C21H29N3O3/c1-21(2,3)24(20(26)27)17-10-15-7-8-16(11-17)23(15)18-9-6-14(12-22-18)19(25)13-4-5-13/h6,9,12-13,15-17H,4-5,7-8,10-11H2,1-3H3,(H,26,27). The van der Waals surface area contributed by atoms with Crippen LogP contribution in [0.4, 0.5) is 10.6 Å². The van der Waals surface area contributed by atoms with Crippen molar-refractivity contribution in [1.82, 2.24) is 9.88 Å². The Morgan fingerprint density at radius 2 is 1.74 bits per heavy atom. The van der Waals surface area contributed by atoms with Gasteiger partial charge in [-0.1, -0.05) is 0 Å². The van der Waals surface area contributed by atoms with Crippen LogP contribution in [0.1, 0.15) is 69.7 Å². The fourth-order valence-electron chi connectivity index (χ4n) is 4.99. The number of amides is 1. The van der Waals surface area contributed by atoms with E-state index < -0.39 is 11.6 Å². The van der Waals surface area contributed by atoms with Crippen LogP contribution in [0.25, 0.3) is 0 Å². The van der Waals surface area contributed by atoms with Gasteiger partial charge in [-0.05, 0) is 71.4 Å². The van der Waals surface area contributed by atoms with E-state index in [1.807, 2.05) is 32.9 Å². The highest BCUT2D eigenvalue weighted by Crippen LogP contribution is 2.41. The maximum Gasteiger partial charge on any atom is 0.407 e. The lowest BCUT2D eigenvalue weighted by atomic mass is 9.92. The van der Waals surface area contributed by atoms with Crippen LogP contribution >= 0.6 is 0 Å². The Balaban J connectivity index is 1.51. The molecule has 1 aromatic rings. The third-order valence-electron chi connectivity index (χ3n) is 6.25. The molecule has 2 aliphatic heterocycles. The summed E-state index contributed by atoms with van der Waals surface area (Å²) in [5, 5.41) is 9.74. The second-order valence-corrected chi connectivity index (χ2v) is 9.28. The van der Waals surface area contributed by atoms with Crippen LogP contribution in [0.5, 0.6) is 0 Å². The number of anilines is 1. The number of piperidine rings is 1. The van der Waals surface area contributed by atoms with E-state index in [2.05, 4.69) is 9.88 Å². The number of nitrogens with zero attached hydrogens (tertiary/aromatic N) is 3. The number of carbonyl (C=O) groups is 2. The number of carbonyl (C=O) groups excluding carboxylic acids is 1. The number of carboxylic acid groups (broad SMARTS) is 1. The van der Waals surface area contributed by atoms with Crippen LogP contribution in [0, 0.1) is 5.92 Å². The van der Waals surface area contributed by atoms with Crippen LogP contribution in [-0.4, -0.2) is 50.5 Å². The van der Waals surface area contributed by atoms with Crippen LogP contribution in [0.15, 0.2) is 18.3 Å². The van der Waals surface area contributed by atoms with E-state index in [0.717, 1.165) is 44.3 Å². The molecule has 1 N–H and O–H groups in total. The van der Waals surface area contributed by atoms with Crippen molar-refractivity contribution in [3.05, 3.63) is 23.9 Å². The predicted molar refractivity (Wildman–Crippen MR) is 103 cm³/mol. The first kappa shape index (κ1) is 18.3. The molecule has 6 heteroatoms. The highest BCUT2D eigenvalue weighted by atomic mass is 16.4. The van der Waals surface area contributed by atoms with E-state index in [1.165, 1.54) is 0 Å². The van der Waals surface area contributed by atoms with Crippen molar-refractivity contribution >= 4 is 17.7 Å². The predicted octanol–water partition coefficient (Wildman–Crippen LogP) is 3.95. The Bertz CT molecular complexity index is 722. The van der Waals surface area contributed by atoms with Gasteiger partial charge in [0.15, 0.2) is 5.78 Å². The second kappa shape index (κ2) is 6.50. The summed E-state index contributed by atoms with van der Waals surface area (Å²) in [6, 6.07) is 4.56. The van der Waals surface area contributed by atoms with E-state index >= 15 is 0 Å². The number of hydrogen-bond acceptors (Lipinski definition) is 4. The third-order valence-corrected chi connectivity index (χ3v) is 6.25. The highest BCUT2D eigenvalue weighted by molar-refractivity contribution is 5.99. The number of fused-ring (bicyclic) bond motifs is 2. The van der Waals surface area contributed by atoms with Crippen LogP contribution in [0.2, 0.25) is 0 Å². The molecule has 1 aliphatic carbocycles. The molecule has 27 heavy (non-hydrogen) atoms. The number of pyridine rings is 1. The molecule has 2 atom stereocenters. The summed E-state index contributed by atoms with van der Waals surface area (Å²) in [5.41, 5.74) is 0.314. The van der Waals surface area contributed by atoms with E-state index in [-0.39, 0.29) is 17.7 Å². The second-order valence-electron chi connectivity index (χ2n) is 9.28. The Labute approximate surface area is 160 Å². The van der Waals surface area contributed by atoms with Gasteiger partial charge >= 0.3 is 6.09 Å². The minimum absolute atomic E-state index is 0.0481. The van der Waals surface area contributed by atoms with Crippen LogP contribution < -0.4 is 4.90 Å². The number of rotatable bonds is 4. The zero-order chi connectivity index (χ0) is 19.3. The minimum atomic E-state index is -0.832. The molecule has 3 aliphatic rings. The Hall–Kier alpha value is -2.11. The molecular formula is C21H29N3O3. The van der Waals surface area contributed by atoms with Crippen molar-refractivity contribution in [2.75, 3.05) is 4.90 Å². The van der Waals surface area contributed by atoms with Crippen molar-refractivity contribution in [2.24, 2.45) is 5.92 Å². The summed E-state index contributed by atoms with van der Waals surface area (Å²) in [5.74, 6) is 1.35. The van der Waals surface area contributed by atoms with Gasteiger partial charge in [0.25, 0.3) is 0 Å². The lowest BCUT2D eigenvalue weighted by Gasteiger charge is -2.47. The van der Waals surface area contributed by atoms with E-state index in [0.29, 0.717) is 17.6 Å². The molecule has 3 fully saturated rings. The van der Waals surface area contributed by atoms with Crippen molar-refractivity contribution in [2.45, 2.75) is 83.0 Å². The summed E-state index contributed by atoms with van der Waals surface area (Å²) in [7, 11) is 0. The van der Waals surface area contributed by atoms with Gasteiger partial charge in [0.2, 0.25) is 0 Å². The van der Waals surface area contributed by atoms with Crippen LogP contribution in [0.3, 0.4) is 0 Å². The molecular weight excluding hydrogens is 342 g/mol. The zero-order valence-electron chi connectivity index (χ0n) is 16.4. The van der Waals surface area contributed by atoms with Gasteiger partial charge in [-0.3, -0.25) is 4.79 Å². The quantitative estimate of drug-likeness (QED) is 0.811. The summed E-state index contributed by atoms with van der Waals surface area (Å²) in [6.45, 7) is 5.89. The summed E-state index contributed by atoms with van der Waals surface area (Å²) < 4.78 is 0. The Morgan fingerprint density at radius 1 is 1.11 bits per heavy atom. The lowest BCUT2D eigenvalue weighted by molar-refractivity contribution is 0.0558. The van der Waals surface area contributed by atoms with Crippen molar-refractivity contribution < 1.29 is 14.7 Å². The summed E-state index contributed by atoms with van der Waals surface area (Å²) in [4.78, 5) is 32.7. The van der Waals surface area contributed by atoms with Gasteiger partial charge in [0.05, 0.1) is 0 Å². The number of ketones is 1. The normalized spacial score (nSPS) is 27.5. The number of aromatic nitrogens is 1. The third kappa shape index (κ3) is 3.42. The smallest absolute Gasteiger partial charge is 0.407 e. The van der Waals surface area contributed by atoms with Crippen molar-refractivity contribution in [3.8, 4) is 0 Å². The number of hydrogen-bond donors (Lipinski definition) is 1. The lowest BCUT2D eigenvalue weighted by Crippen LogP contribution is -2.57. The molecule has 0 radical (unpaired) electrons. The SMILES string of the molecule is CC(C)(C)N(C(=O)O)C1CC2CCC(C1)N2c1ccc(C(=O)C2CC2)cn1. The minimum Gasteiger partial charge on any atom is -0.465 e. The molecule has 0 aromatic carbocycles. The Morgan fingerprint density at radius 3 is 2.19 bits per heavy atom. The molecule has 2 bridgehead atoms. The van der Waals surface area contributed by atoms with Crippen molar-refractivity contribution in [3.63, 3.8) is 0 Å². The average Bonchev–Trinajstić information content (AvgIpc) is 3.39. The zero-order valence-corrected chi connectivity index (χ0v) is 16.4. The Kier molecular flexibility index (Phi) is 4.40. The van der Waals surface area contributed by atoms with Gasteiger partial charge < -0.3 is 14.9 Å². The largest absolute Gasteiger partial charge is 0.465 e. The monoisotopic (exact) mass is 371 g/mol. The molecule has 6 nitrogen and oxygen atoms in total. The molecule has 1 saturated carbocycles. The molecule has 2 unspecified atom stereocenters. The fourth-order valence-corrected chi connectivity index (χ4v) is 4.99. The first-order chi connectivity index (χ1) is 12.8. The first-order valence-electron chi connectivity index (χ1n) is 10.1. The topological polar surface area (TPSA) is 73.7 Å². The van der Waals surface area contributed by atoms with Crippen LogP contribution in [-0.2, 0) is 0 Å². The maximum absolute atomic E-state index is 12.2.